The maximum atomic E-state index is 11.4. The molecule has 0 radical (unpaired) electrons. The van der Waals surface area contributed by atoms with Crippen LogP contribution in [0.25, 0.3) is 22.4 Å². The van der Waals surface area contributed by atoms with Crippen molar-refractivity contribution in [1.29, 1.82) is 0 Å². The normalized spacial score (nSPS) is 10.7. The van der Waals surface area contributed by atoms with Crippen LogP contribution < -0.4 is 11.3 Å². The maximum absolute atomic E-state index is 11.4. The van der Waals surface area contributed by atoms with Gasteiger partial charge < -0.3 is 10.7 Å². The second-order valence-electron chi connectivity index (χ2n) is 4.28. The van der Waals surface area contributed by atoms with Crippen LogP contribution in [0.2, 0.25) is 5.02 Å². The number of nitrogen functional groups attached to an aromatic ring is 1. The lowest BCUT2D eigenvalue weighted by Crippen LogP contribution is -2.02. The van der Waals surface area contributed by atoms with Gasteiger partial charge >= 0.3 is 0 Å². The van der Waals surface area contributed by atoms with Crippen LogP contribution >= 0.6 is 11.6 Å². The van der Waals surface area contributed by atoms with E-state index in [0.717, 1.165) is 5.56 Å². The highest BCUT2D eigenvalue weighted by Crippen LogP contribution is 2.37. The molecule has 3 aromatic rings. The molecular formula is C14H11ClN4O. The van der Waals surface area contributed by atoms with Crippen LogP contribution in [0.15, 0.2) is 47.4 Å². The lowest BCUT2D eigenvalue weighted by atomic mass is 10.0. The lowest BCUT2D eigenvalue weighted by molar-refractivity contribution is 1.10. The van der Waals surface area contributed by atoms with Gasteiger partial charge in [-0.3, -0.25) is 9.89 Å². The van der Waals surface area contributed by atoms with E-state index in [1.807, 2.05) is 18.2 Å². The second kappa shape index (κ2) is 4.86. The van der Waals surface area contributed by atoms with E-state index in [-0.39, 0.29) is 5.56 Å². The van der Waals surface area contributed by atoms with Crippen LogP contribution in [0.5, 0.6) is 0 Å². The summed E-state index contributed by atoms with van der Waals surface area (Å²) in [6.45, 7) is 0. The number of aromatic amines is 2. The minimum Gasteiger partial charge on any atom is -0.382 e. The molecule has 0 bridgehead atoms. The van der Waals surface area contributed by atoms with Gasteiger partial charge in [-0.25, -0.2) is 0 Å². The highest BCUT2D eigenvalue weighted by atomic mass is 35.5. The highest BCUT2D eigenvalue weighted by Gasteiger charge is 2.16. The average Bonchev–Trinajstić information content (AvgIpc) is 2.81. The molecule has 0 unspecified atom stereocenters. The fraction of sp³-hybridized carbons (Fsp3) is 0. The van der Waals surface area contributed by atoms with Gasteiger partial charge in [0, 0.05) is 28.4 Å². The van der Waals surface area contributed by atoms with Gasteiger partial charge in [0.2, 0.25) is 5.56 Å². The Balaban J connectivity index is 2.26. The predicted molar refractivity (Wildman–Crippen MR) is 79.5 cm³/mol. The van der Waals surface area contributed by atoms with Crippen LogP contribution in [0.3, 0.4) is 0 Å². The predicted octanol–water partition coefficient (Wildman–Crippen LogP) is 2.67. The molecule has 2 aromatic heterocycles. The van der Waals surface area contributed by atoms with E-state index in [9.17, 15) is 4.79 Å². The number of anilines is 1. The Morgan fingerprint density at radius 2 is 2.00 bits per heavy atom. The fourth-order valence-corrected chi connectivity index (χ4v) is 2.33. The Labute approximate surface area is 119 Å². The van der Waals surface area contributed by atoms with Gasteiger partial charge in [-0.1, -0.05) is 29.8 Å². The Morgan fingerprint density at radius 3 is 2.75 bits per heavy atom. The number of nitrogens with two attached hydrogens (primary N) is 1. The molecule has 4 N–H and O–H groups in total. The molecule has 3 rings (SSSR count). The topological polar surface area (TPSA) is 87.6 Å². The summed E-state index contributed by atoms with van der Waals surface area (Å²) in [7, 11) is 0. The maximum Gasteiger partial charge on any atom is 0.248 e. The minimum atomic E-state index is -0.194. The molecule has 5 nitrogen and oxygen atoms in total. The van der Waals surface area contributed by atoms with Crippen molar-refractivity contribution in [2.24, 2.45) is 0 Å². The molecule has 0 aliphatic heterocycles. The van der Waals surface area contributed by atoms with E-state index in [0.29, 0.717) is 27.7 Å². The number of hydrogen-bond donors (Lipinski definition) is 3. The summed E-state index contributed by atoms with van der Waals surface area (Å²) >= 11 is 6.21. The third kappa shape index (κ3) is 2.08. The summed E-state index contributed by atoms with van der Waals surface area (Å²) in [5, 5.41) is 7.45. The molecule has 20 heavy (non-hydrogen) atoms. The zero-order valence-electron chi connectivity index (χ0n) is 10.4. The lowest BCUT2D eigenvalue weighted by Gasteiger charge is -2.06. The number of nitrogens with zero attached hydrogens (tertiary/aromatic N) is 1. The van der Waals surface area contributed by atoms with Gasteiger partial charge in [-0.15, -0.1) is 0 Å². The van der Waals surface area contributed by atoms with Crippen molar-refractivity contribution < 1.29 is 0 Å². The van der Waals surface area contributed by atoms with E-state index in [2.05, 4.69) is 15.2 Å². The molecule has 0 fully saturated rings. The fourth-order valence-electron chi connectivity index (χ4n) is 2.10. The van der Waals surface area contributed by atoms with Crippen LogP contribution in [0.1, 0.15) is 0 Å². The molecule has 0 spiro atoms. The monoisotopic (exact) mass is 286 g/mol. The quantitative estimate of drug-likeness (QED) is 0.677. The molecule has 0 saturated heterocycles. The number of aromatic nitrogens is 3. The number of hydrogen-bond acceptors (Lipinski definition) is 3. The van der Waals surface area contributed by atoms with E-state index >= 15 is 0 Å². The first-order valence-corrected chi connectivity index (χ1v) is 6.32. The van der Waals surface area contributed by atoms with Crippen molar-refractivity contribution in [2.75, 3.05) is 5.73 Å². The molecule has 0 saturated carbocycles. The third-order valence-corrected chi connectivity index (χ3v) is 3.33. The molecule has 2 heterocycles. The summed E-state index contributed by atoms with van der Waals surface area (Å²) in [5.41, 5.74) is 8.58. The van der Waals surface area contributed by atoms with Gasteiger partial charge in [0.05, 0.1) is 11.3 Å². The molecule has 0 aliphatic rings. The zero-order chi connectivity index (χ0) is 14.1. The van der Waals surface area contributed by atoms with E-state index < -0.39 is 0 Å². The summed E-state index contributed by atoms with van der Waals surface area (Å²) in [4.78, 5) is 14.0. The van der Waals surface area contributed by atoms with E-state index in [1.54, 1.807) is 18.3 Å². The van der Waals surface area contributed by atoms with E-state index in [4.69, 9.17) is 17.3 Å². The first-order valence-electron chi connectivity index (χ1n) is 5.94. The standard InChI is InChI=1S/C14H11ClN4O/c15-10-4-2-1-3-9(10)12-13(18-19-14(12)16)8-5-6-17-11(20)7-8/h1-7H,(H,17,20)(H3,16,18,19). The molecule has 0 amide bonds. The van der Waals surface area contributed by atoms with Gasteiger partial charge in [0.15, 0.2) is 5.82 Å². The van der Waals surface area contributed by atoms with Crippen molar-refractivity contribution in [3.63, 3.8) is 0 Å². The van der Waals surface area contributed by atoms with Crippen LogP contribution in [-0.4, -0.2) is 15.2 Å². The molecule has 1 aromatic carbocycles. The smallest absolute Gasteiger partial charge is 0.248 e. The summed E-state index contributed by atoms with van der Waals surface area (Å²) < 4.78 is 0. The van der Waals surface area contributed by atoms with Gasteiger partial charge in [0.1, 0.15) is 0 Å². The van der Waals surface area contributed by atoms with Crippen molar-refractivity contribution in [2.45, 2.75) is 0 Å². The summed E-state index contributed by atoms with van der Waals surface area (Å²) in [6.07, 6.45) is 1.57. The largest absolute Gasteiger partial charge is 0.382 e. The van der Waals surface area contributed by atoms with Gasteiger partial charge in [0.25, 0.3) is 0 Å². The number of halogens is 1. The Morgan fingerprint density at radius 1 is 1.20 bits per heavy atom. The minimum absolute atomic E-state index is 0.194. The molecule has 100 valence electrons. The number of H-pyrrole nitrogens is 2. The van der Waals surface area contributed by atoms with Crippen LogP contribution in [0.4, 0.5) is 5.82 Å². The number of pyridine rings is 1. The van der Waals surface area contributed by atoms with Crippen LogP contribution in [-0.2, 0) is 0 Å². The van der Waals surface area contributed by atoms with Crippen molar-refractivity contribution in [3.05, 3.63) is 58.0 Å². The number of benzene rings is 1. The highest BCUT2D eigenvalue weighted by molar-refractivity contribution is 6.33. The SMILES string of the molecule is Nc1n[nH]c(-c2cc[nH]c(=O)c2)c1-c1ccccc1Cl. The van der Waals surface area contributed by atoms with Crippen molar-refractivity contribution in [1.82, 2.24) is 15.2 Å². The van der Waals surface area contributed by atoms with E-state index in [1.165, 1.54) is 6.07 Å². The Kier molecular flexibility index (Phi) is 3.04. The summed E-state index contributed by atoms with van der Waals surface area (Å²) in [5.74, 6) is 0.341. The second-order valence-corrected chi connectivity index (χ2v) is 4.69. The average molecular weight is 287 g/mol. The Hall–Kier alpha value is -2.53. The molecular weight excluding hydrogens is 276 g/mol. The third-order valence-electron chi connectivity index (χ3n) is 3.00. The van der Waals surface area contributed by atoms with Crippen LogP contribution in [0, 0.1) is 0 Å². The van der Waals surface area contributed by atoms with Crippen molar-refractivity contribution >= 4 is 17.4 Å². The molecule has 6 heteroatoms. The van der Waals surface area contributed by atoms with Gasteiger partial charge in [-0.05, 0) is 12.1 Å². The summed E-state index contributed by atoms with van der Waals surface area (Å²) in [6, 6.07) is 10.6. The first-order chi connectivity index (χ1) is 9.66. The Bertz CT molecular complexity index is 822. The van der Waals surface area contributed by atoms with Gasteiger partial charge in [-0.2, -0.15) is 5.10 Å². The number of rotatable bonds is 2. The number of nitrogens with one attached hydrogen (secondary N) is 2. The molecule has 0 aliphatic carbocycles. The molecule has 0 atom stereocenters. The van der Waals surface area contributed by atoms with Crippen molar-refractivity contribution in [3.8, 4) is 22.4 Å². The zero-order valence-corrected chi connectivity index (χ0v) is 11.1. The first kappa shape index (κ1) is 12.5.